The summed E-state index contributed by atoms with van der Waals surface area (Å²) in [6.45, 7) is -3.65. The monoisotopic (exact) mass is 1120 g/mol. The first-order valence-corrected chi connectivity index (χ1v) is 24.9. The molecule has 77 heavy (non-hydrogen) atoms. The number of hydrogen-bond donors (Lipinski definition) is 13. The second-order valence-electron chi connectivity index (χ2n) is 17.7. The third kappa shape index (κ3) is 40.1. The van der Waals surface area contributed by atoms with Gasteiger partial charge in [0.05, 0.1) is 85.8 Å². The Morgan fingerprint density at radius 1 is 0.390 bits per heavy atom. The van der Waals surface area contributed by atoms with Crippen molar-refractivity contribution in [2.45, 2.75) is 76.6 Å². The van der Waals surface area contributed by atoms with Gasteiger partial charge >= 0.3 is 59.7 Å². The first kappa shape index (κ1) is 71.2. The van der Waals surface area contributed by atoms with Crippen LogP contribution in [0.2, 0.25) is 0 Å². The van der Waals surface area contributed by atoms with Crippen molar-refractivity contribution < 1.29 is 113 Å². The summed E-state index contributed by atoms with van der Waals surface area (Å²) < 4.78 is 17.4. The minimum atomic E-state index is -1.32. The number of carboxylic acids is 10. The summed E-state index contributed by atoms with van der Waals surface area (Å²) in [6, 6.07) is -2.57. The van der Waals surface area contributed by atoms with Crippen molar-refractivity contribution in [2.24, 2.45) is 0 Å². The van der Waals surface area contributed by atoms with Crippen LogP contribution in [-0.2, 0) is 62.2 Å². The first-order valence-electron chi connectivity index (χ1n) is 24.9. The highest BCUT2D eigenvalue weighted by Gasteiger charge is 2.30. The van der Waals surface area contributed by atoms with E-state index in [1.807, 2.05) is 0 Å². The zero-order valence-corrected chi connectivity index (χ0v) is 43.6. The van der Waals surface area contributed by atoms with E-state index in [2.05, 4.69) is 22.9 Å². The molecule has 0 aliphatic rings. The maximum Gasteiger partial charge on any atom is 0.321 e. The standard InChI is InChI=1S/C45H81N9O23/c1-2-3-5-10-47-31-77-35(48-32-76-21-9-34(45(73)74)54(18-14-51(26-40(63)64)27-41(65)66)19-15-52(28-42(67)68)29-43(69)70)7-4-6-11-46-30-75-20-8-33(44(71)72)53(16-12-49(22-36(55)56)23-37(57)58)17-13-50(24-38(59)60)25-39(61)62/h33-35,46-48H,2-32H2,1H3,(H,55,56)(H,57,58)(H,59,60)(H,61,62)(H,63,64)(H,65,66)(H,67,68)(H,69,70)(H,71,72)(H,73,74)/t33-,34-,35-/m0/s1. The zero-order valence-electron chi connectivity index (χ0n) is 43.6. The Morgan fingerprint density at radius 3 is 1.01 bits per heavy atom. The fourth-order valence-electron chi connectivity index (χ4n) is 7.62. The van der Waals surface area contributed by atoms with Gasteiger partial charge in [0.25, 0.3) is 0 Å². The molecule has 0 saturated carbocycles. The third-order valence-electron chi connectivity index (χ3n) is 11.2. The van der Waals surface area contributed by atoms with Crippen molar-refractivity contribution in [2.75, 3.05) is 151 Å². The molecule has 13 N–H and O–H groups in total. The normalized spacial score (nSPS) is 12.9. The molecule has 0 aromatic carbocycles. The molecule has 0 aromatic heterocycles. The molecule has 444 valence electrons. The van der Waals surface area contributed by atoms with Crippen LogP contribution in [0.15, 0.2) is 0 Å². The fourth-order valence-corrected chi connectivity index (χ4v) is 7.62. The smallest absolute Gasteiger partial charge is 0.321 e. The maximum atomic E-state index is 12.6. The predicted octanol–water partition coefficient (Wildman–Crippen LogP) is -3.46. The van der Waals surface area contributed by atoms with Crippen molar-refractivity contribution in [1.82, 2.24) is 45.3 Å². The van der Waals surface area contributed by atoms with Crippen molar-refractivity contribution in [1.29, 1.82) is 0 Å². The lowest BCUT2D eigenvalue weighted by Crippen LogP contribution is -2.50. The molecule has 32 nitrogen and oxygen atoms in total. The van der Waals surface area contributed by atoms with Gasteiger partial charge < -0.3 is 65.3 Å². The molecule has 0 spiro atoms. The molecule has 0 unspecified atom stereocenters. The van der Waals surface area contributed by atoms with Gasteiger partial charge in [0.2, 0.25) is 0 Å². The van der Waals surface area contributed by atoms with Crippen molar-refractivity contribution in [3.05, 3.63) is 0 Å². The summed E-state index contributed by atoms with van der Waals surface area (Å²) in [4.78, 5) is 123. The molecule has 0 heterocycles. The van der Waals surface area contributed by atoms with Gasteiger partial charge in [0.15, 0.2) is 0 Å². The van der Waals surface area contributed by atoms with Crippen LogP contribution in [0.25, 0.3) is 0 Å². The molecule has 0 radical (unpaired) electrons. The van der Waals surface area contributed by atoms with Crippen LogP contribution in [0.3, 0.4) is 0 Å². The number of rotatable bonds is 55. The lowest BCUT2D eigenvalue weighted by atomic mass is 10.1. The molecule has 0 saturated heterocycles. The summed E-state index contributed by atoms with van der Waals surface area (Å²) in [6.07, 6.45) is 3.94. The average molecular weight is 1120 g/mol. The van der Waals surface area contributed by atoms with Gasteiger partial charge in [-0.25, -0.2) is 0 Å². The van der Waals surface area contributed by atoms with E-state index in [1.165, 1.54) is 9.80 Å². The summed E-state index contributed by atoms with van der Waals surface area (Å²) >= 11 is 0. The number of carbonyl (C=O) groups is 10. The van der Waals surface area contributed by atoms with Gasteiger partial charge in [-0.15, -0.1) is 0 Å². The zero-order chi connectivity index (χ0) is 58.1. The second-order valence-corrected chi connectivity index (χ2v) is 17.7. The highest BCUT2D eigenvalue weighted by Crippen LogP contribution is 2.11. The molecule has 3 atom stereocenters. The number of unbranched alkanes of at least 4 members (excludes halogenated alkanes) is 3. The van der Waals surface area contributed by atoms with Gasteiger partial charge in [-0.3, -0.25) is 93.3 Å². The number of hydrogen-bond acceptors (Lipinski definition) is 22. The molecular formula is C45H81N9O23. The molecule has 0 aliphatic heterocycles. The van der Waals surface area contributed by atoms with E-state index in [0.29, 0.717) is 32.4 Å². The van der Waals surface area contributed by atoms with E-state index >= 15 is 0 Å². The van der Waals surface area contributed by atoms with Gasteiger partial charge in [0.1, 0.15) is 18.3 Å². The van der Waals surface area contributed by atoms with E-state index in [-0.39, 0.29) is 98.6 Å². The van der Waals surface area contributed by atoms with E-state index in [4.69, 9.17) is 14.2 Å². The van der Waals surface area contributed by atoms with Gasteiger partial charge in [-0.2, -0.15) is 0 Å². The second kappa shape index (κ2) is 43.2. The number of nitrogens with one attached hydrogen (secondary N) is 3. The summed E-state index contributed by atoms with van der Waals surface area (Å²) in [5.74, 6) is -13.2. The summed E-state index contributed by atoms with van der Waals surface area (Å²) in [7, 11) is 0. The van der Waals surface area contributed by atoms with E-state index in [9.17, 15) is 99.0 Å². The third-order valence-corrected chi connectivity index (χ3v) is 11.2. The van der Waals surface area contributed by atoms with Crippen LogP contribution in [0.4, 0.5) is 0 Å². The van der Waals surface area contributed by atoms with E-state index < -0.39 is 130 Å². The molecular weight excluding hydrogens is 1030 g/mol. The maximum absolute atomic E-state index is 12.6. The largest absolute Gasteiger partial charge is 0.480 e. The number of ether oxygens (including phenoxy) is 3. The summed E-state index contributed by atoms with van der Waals surface area (Å²) in [5.41, 5.74) is 0. The van der Waals surface area contributed by atoms with Crippen molar-refractivity contribution in [3.8, 4) is 0 Å². The number of aliphatic carboxylic acids is 10. The van der Waals surface area contributed by atoms with Gasteiger partial charge in [-0.05, 0) is 51.6 Å². The Bertz CT molecular complexity index is 1640. The molecule has 0 bridgehead atoms. The van der Waals surface area contributed by atoms with Gasteiger partial charge in [0, 0.05) is 52.4 Å². The van der Waals surface area contributed by atoms with Crippen LogP contribution in [0.5, 0.6) is 0 Å². The number of carboxylic acid groups (broad SMARTS) is 10. The lowest BCUT2D eigenvalue weighted by molar-refractivity contribution is -0.146. The van der Waals surface area contributed by atoms with Gasteiger partial charge in [-0.1, -0.05) is 19.8 Å². The Hall–Kier alpha value is -5.78. The Balaban J connectivity index is 5.63. The first-order chi connectivity index (χ1) is 36.4. The van der Waals surface area contributed by atoms with Crippen LogP contribution in [-0.4, -0.2) is 310 Å². The molecule has 32 heteroatoms. The molecule has 0 aliphatic carbocycles. The highest BCUT2D eigenvalue weighted by molar-refractivity contribution is 5.75. The van der Waals surface area contributed by atoms with Crippen LogP contribution in [0, 0.1) is 0 Å². The molecule has 0 fully saturated rings. The lowest BCUT2D eigenvalue weighted by Gasteiger charge is -2.32. The van der Waals surface area contributed by atoms with E-state index in [1.54, 1.807) is 0 Å². The Labute approximate surface area is 445 Å². The average Bonchev–Trinajstić information content (AvgIpc) is 3.30. The minimum Gasteiger partial charge on any atom is -0.480 e. The van der Waals surface area contributed by atoms with Crippen LogP contribution in [0.1, 0.15) is 58.3 Å². The van der Waals surface area contributed by atoms with Crippen LogP contribution >= 0.6 is 0 Å². The van der Waals surface area contributed by atoms with Crippen molar-refractivity contribution >= 4 is 59.7 Å². The predicted molar refractivity (Wildman–Crippen MR) is 266 cm³/mol. The quantitative estimate of drug-likeness (QED) is 0.0208. The van der Waals surface area contributed by atoms with Crippen molar-refractivity contribution in [3.63, 3.8) is 0 Å². The Morgan fingerprint density at radius 2 is 0.701 bits per heavy atom. The fraction of sp³-hybridized carbons (Fsp3) is 0.778. The molecule has 0 amide bonds. The number of nitrogens with zero attached hydrogens (tertiary/aromatic N) is 6. The molecule has 0 rings (SSSR count). The van der Waals surface area contributed by atoms with Crippen LogP contribution < -0.4 is 16.0 Å². The topological polar surface area (TPSA) is 456 Å². The Kier molecular flexibility index (Phi) is 40.0. The summed E-state index contributed by atoms with van der Waals surface area (Å²) in [5, 5.41) is 104. The highest BCUT2D eigenvalue weighted by atomic mass is 16.5. The minimum absolute atomic E-state index is 0.0106. The van der Waals surface area contributed by atoms with E-state index in [0.717, 1.165) is 38.9 Å². The SMILES string of the molecule is CCCCCNCO[C@@H](CCCCNCOCC[C@@H](C(=O)O)N(CCN(CC(=O)O)CC(=O)O)CCN(CC(=O)O)CC(=O)O)NCOCC[C@@H](C(=O)O)N(CCN(CC(=O)O)CC(=O)O)CCN(CC(=O)O)CC(=O)O. The molecule has 0 aromatic rings.